The van der Waals surface area contributed by atoms with E-state index in [1.165, 1.54) is 11.3 Å². The Labute approximate surface area is 109 Å². The number of thiophene rings is 1. The van der Waals surface area contributed by atoms with Crippen molar-refractivity contribution >= 4 is 29.5 Å². The van der Waals surface area contributed by atoms with E-state index >= 15 is 0 Å². The van der Waals surface area contributed by atoms with Gasteiger partial charge in [0.1, 0.15) is 0 Å². The molecule has 0 saturated heterocycles. The van der Waals surface area contributed by atoms with Crippen LogP contribution in [0.4, 0.5) is 0 Å². The Hall–Kier alpha value is -2.20. The summed E-state index contributed by atoms with van der Waals surface area (Å²) < 4.78 is 0. The maximum Gasteiger partial charge on any atom is 0.281 e. The Morgan fingerprint density at radius 2 is 2.00 bits per heavy atom. The summed E-state index contributed by atoms with van der Waals surface area (Å²) in [6.07, 6.45) is 5.25. The first kappa shape index (κ1) is 12.3. The average molecular weight is 256 g/mol. The fourth-order valence-electron chi connectivity index (χ4n) is 1.32. The lowest BCUT2D eigenvalue weighted by Crippen LogP contribution is -2.15. The van der Waals surface area contributed by atoms with Crippen LogP contribution in [0, 0.1) is 0 Å². The van der Waals surface area contributed by atoms with Gasteiger partial charge in [-0.25, -0.2) is 5.43 Å². The van der Waals surface area contributed by atoms with Gasteiger partial charge in [0.25, 0.3) is 5.91 Å². The number of rotatable bonds is 4. The lowest BCUT2D eigenvalue weighted by molar-refractivity contribution is 0.0959. The minimum absolute atomic E-state index is 0.186. The first-order valence-corrected chi connectivity index (χ1v) is 6.33. The molecule has 2 aromatic rings. The van der Waals surface area contributed by atoms with E-state index in [2.05, 4.69) is 10.5 Å². The topological polar surface area (TPSA) is 41.5 Å². The van der Waals surface area contributed by atoms with Crippen LogP contribution in [0.25, 0.3) is 6.08 Å². The van der Waals surface area contributed by atoms with Crippen LogP contribution < -0.4 is 5.43 Å². The van der Waals surface area contributed by atoms with Gasteiger partial charge in [-0.05, 0) is 23.1 Å². The van der Waals surface area contributed by atoms with Crippen molar-refractivity contribution in [2.24, 2.45) is 5.10 Å². The van der Waals surface area contributed by atoms with Crippen molar-refractivity contribution in [2.75, 3.05) is 0 Å². The van der Waals surface area contributed by atoms with Crippen LogP contribution in [0.2, 0.25) is 0 Å². The van der Waals surface area contributed by atoms with Crippen molar-refractivity contribution in [3.63, 3.8) is 0 Å². The van der Waals surface area contributed by atoms with E-state index in [-0.39, 0.29) is 5.91 Å². The number of hydrogen-bond acceptors (Lipinski definition) is 3. The van der Waals surface area contributed by atoms with Crippen LogP contribution in [0.3, 0.4) is 0 Å². The summed E-state index contributed by atoms with van der Waals surface area (Å²) in [5.74, 6) is -0.186. The zero-order valence-corrected chi connectivity index (χ0v) is 10.4. The number of allylic oxidation sites excluding steroid dienone is 1. The van der Waals surface area contributed by atoms with Crippen LogP contribution in [-0.4, -0.2) is 12.1 Å². The Bertz CT molecular complexity index is 544. The molecule has 3 nitrogen and oxygen atoms in total. The lowest BCUT2D eigenvalue weighted by Gasteiger charge is -1.93. The van der Waals surface area contributed by atoms with Crippen molar-refractivity contribution in [3.05, 3.63) is 64.4 Å². The molecule has 90 valence electrons. The zero-order chi connectivity index (χ0) is 12.6. The van der Waals surface area contributed by atoms with E-state index in [0.717, 1.165) is 5.56 Å². The fraction of sp³-hybridized carbons (Fsp3) is 0. The quantitative estimate of drug-likeness (QED) is 0.662. The standard InChI is InChI=1S/C14H12N2OS/c17-14(13-9-5-11-18-13)16-15-10-4-8-12-6-2-1-3-7-12/h1-11H,(H,16,17). The Morgan fingerprint density at radius 3 is 2.72 bits per heavy atom. The third-order valence-electron chi connectivity index (χ3n) is 2.16. The average Bonchev–Trinajstić information content (AvgIpc) is 2.93. The van der Waals surface area contributed by atoms with Crippen LogP contribution in [0.1, 0.15) is 15.2 Å². The molecule has 0 unspecified atom stereocenters. The van der Waals surface area contributed by atoms with Gasteiger partial charge in [-0.15, -0.1) is 11.3 Å². The predicted molar refractivity (Wildman–Crippen MR) is 75.8 cm³/mol. The molecule has 0 saturated carbocycles. The third-order valence-corrected chi connectivity index (χ3v) is 3.03. The van der Waals surface area contributed by atoms with E-state index in [0.29, 0.717) is 4.88 Å². The van der Waals surface area contributed by atoms with Crippen LogP contribution >= 0.6 is 11.3 Å². The maximum absolute atomic E-state index is 11.5. The highest BCUT2D eigenvalue weighted by Crippen LogP contribution is 2.07. The monoisotopic (exact) mass is 256 g/mol. The number of carbonyl (C=O) groups is 1. The molecule has 0 atom stereocenters. The summed E-state index contributed by atoms with van der Waals surface area (Å²) in [6.45, 7) is 0. The van der Waals surface area contributed by atoms with Gasteiger partial charge in [0.15, 0.2) is 0 Å². The summed E-state index contributed by atoms with van der Waals surface area (Å²) in [7, 11) is 0. The molecule has 0 fully saturated rings. The van der Waals surface area contributed by atoms with Gasteiger partial charge in [-0.3, -0.25) is 4.79 Å². The van der Waals surface area contributed by atoms with Gasteiger partial charge in [-0.2, -0.15) is 5.10 Å². The van der Waals surface area contributed by atoms with E-state index in [1.807, 2.05) is 47.9 Å². The smallest absolute Gasteiger partial charge is 0.266 e. The summed E-state index contributed by atoms with van der Waals surface area (Å²) in [5.41, 5.74) is 3.55. The Balaban J connectivity index is 1.82. The number of amides is 1. The predicted octanol–water partition coefficient (Wildman–Crippen LogP) is 3.18. The fourth-order valence-corrected chi connectivity index (χ4v) is 1.93. The molecule has 0 aliphatic carbocycles. The molecule has 1 heterocycles. The largest absolute Gasteiger partial charge is 0.281 e. The highest BCUT2D eigenvalue weighted by atomic mass is 32.1. The van der Waals surface area contributed by atoms with Crippen LogP contribution in [0.5, 0.6) is 0 Å². The van der Waals surface area contributed by atoms with Crippen molar-refractivity contribution in [3.8, 4) is 0 Å². The minimum atomic E-state index is -0.186. The number of carbonyl (C=O) groups excluding carboxylic acids is 1. The number of hydrazone groups is 1. The Kier molecular flexibility index (Phi) is 4.44. The third kappa shape index (κ3) is 3.68. The number of hydrogen-bond donors (Lipinski definition) is 1. The van der Waals surface area contributed by atoms with Gasteiger partial charge < -0.3 is 0 Å². The summed E-state index contributed by atoms with van der Waals surface area (Å²) >= 11 is 1.39. The van der Waals surface area contributed by atoms with Crippen molar-refractivity contribution in [2.45, 2.75) is 0 Å². The molecule has 0 aliphatic heterocycles. The molecule has 4 heteroatoms. The number of nitrogens with zero attached hydrogens (tertiary/aromatic N) is 1. The van der Waals surface area contributed by atoms with Crippen LogP contribution in [-0.2, 0) is 0 Å². The molecular weight excluding hydrogens is 244 g/mol. The van der Waals surface area contributed by atoms with E-state index < -0.39 is 0 Å². The van der Waals surface area contributed by atoms with Crippen LogP contribution in [0.15, 0.2) is 59.0 Å². The minimum Gasteiger partial charge on any atom is -0.266 e. The molecule has 0 radical (unpaired) electrons. The van der Waals surface area contributed by atoms with E-state index in [4.69, 9.17) is 0 Å². The van der Waals surface area contributed by atoms with Gasteiger partial charge in [0.2, 0.25) is 0 Å². The second kappa shape index (κ2) is 6.51. The molecular formula is C14H12N2OS. The van der Waals surface area contributed by atoms with Crippen molar-refractivity contribution < 1.29 is 4.79 Å². The molecule has 1 aromatic heterocycles. The summed E-state index contributed by atoms with van der Waals surface area (Å²) in [4.78, 5) is 12.2. The van der Waals surface area contributed by atoms with Gasteiger partial charge in [-0.1, -0.05) is 42.5 Å². The maximum atomic E-state index is 11.5. The Morgan fingerprint density at radius 1 is 1.17 bits per heavy atom. The highest BCUT2D eigenvalue weighted by Gasteiger charge is 2.02. The molecule has 1 aromatic carbocycles. The van der Waals surface area contributed by atoms with Gasteiger partial charge >= 0.3 is 0 Å². The van der Waals surface area contributed by atoms with Gasteiger partial charge in [0, 0.05) is 6.21 Å². The van der Waals surface area contributed by atoms with E-state index in [9.17, 15) is 4.79 Å². The summed E-state index contributed by atoms with van der Waals surface area (Å²) in [6, 6.07) is 13.5. The normalized spacial score (nSPS) is 11.1. The zero-order valence-electron chi connectivity index (χ0n) is 9.61. The lowest BCUT2D eigenvalue weighted by atomic mass is 10.2. The number of benzene rings is 1. The SMILES string of the molecule is O=C(NN=CC=Cc1ccccc1)c1cccs1. The molecule has 2 rings (SSSR count). The van der Waals surface area contributed by atoms with E-state index in [1.54, 1.807) is 18.4 Å². The van der Waals surface area contributed by atoms with Gasteiger partial charge in [0.05, 0.1) is 4.88 Å². The second-order valence-electron chi connectivity index (χ2n) is 3.47. The molecule has 0 bridgehead atoms. The second-order valence-corrected chi connectivity index (χ2v) is 4.41. The highest BCUT2D eigenvalue weighted by molar-refractivity contribution is 7.12. The molecule has 18 heavy (non-hydrogen) atoms. The first-order chi connectivity index (χ1) is 8.86. The number of nitrogens with one attached hydrogen (secondary N) is 1. The van der Waals surface area contributed by atoms with Crippen molar-refractivity contribution in [1.29, 1.82) is 0 Å². The first-order valence-electron chi connectivity index (χ1n) is 5.45. The molecule has 0 aliphatic rings. The summed E-state index contributed by atoms with van der Waals surface area (Å²) in [5, 5.41) is 5.69. The molecule has 1 N–H and O–H groups in total. The molecule has 0 spiro atoms. The van der Waals surface area contributed by atoms with Crippen molar-refractivity contribution in [1.82, 2.24) is 5.43 Å². The molecule has 1 amide bonds.